The Balaban J connectivity index is 2.63. The van der Waals surface area contributed by atoms with E-state index in [0.29, 0.717) is 28.9 Å². The molecule has 0 aromatic heterocycles. The lowest BCUT2D eigenvalue weighted by Gasteiger charge is -2.18. The number of nitrogens with zero attached hydrogens (tertiary/aromatic N) is 1. The van der Waals surface area contributed by atoms with E-state index >= 15 is 0 Å². The summed E-state index contributed by atoms with van der Waals surface area (Å²) >= 11 is 3.30. The van der Waals surface area contributed by atoms with E-state index in [0.717, 1.165) is 6.29 Å². The standard InChI is InChI=1S/C13H16BrNO3/c1-3-15(4-2)13(17)9-18-12-6-5-10(8-16)7-11(12)14/h5-8H,3-4,9H2,1-2H3. The van der Waals surface area contributed by atoms with Gasteiger partial charge in [-0.3, -0.25) is 9.59 Å². The Kier molecular flexibility index (Phi) is 5.85. The minimum atomic E-state index is -0.0497. The zero-order chi connectivity index (χ0) is 13.5. The summed E-state index contributed by atoms with van der Waals surface area (Å²) in [4.78, 5) is 24.0. The molecule has 0 spiro atoms. The molecule has 0 radical (unpaired) electrons. The van der Waals surface area contributed by atoms with Crippen molar-refractivity contribution in [2.45, 2.75) is 13.8 Å². The number of halogens is 1. The summed E-state index contributed by atoms with van der Waals surface area (Å²) in [5, 5.41) is 0. The van der Waals surface area contributed by atoms with Crippen LogP contribution in [-0.2, 0) is 4.79 Å². The first-order valence-corrected chi connectivity index (χ1v) is 6.57. The molecular formula is C13H16BrNO3. The summed E-state index contributed by atoms with van der Waals surface area (Å²) in [6, 6.07) is 4.97. The largest absolute Gasteiger partial charge is 0.483 e. The van der Waals surface area contributed by atoms with E-state index in [1.165, 1.54) is 0 Å². The van der Waals surface area contributed by atoms with Crippen LogP contribution in [0, 0.1) is 0 Å². The predicted octanol–water partition coefficient (Wildman–Crippen LogP) is 2.51. The Morgan fingerprint density at radius 1 is 1.39 bits per heavy atom. The van der Waals surface area contributed by atoms with Gasteiger partial charge in [0, 0.05) is 18.7 Å². The molecule has 1 rings (SSSR count). The van der Waals surface area contributed by atoms with Crippen LogP contribution in [0.1, 0.15) is 24.2 Å². The molecule has 0 aliphatic rings. The molecule has 98 valence electrons. The van der Waals surface area contributed by atoms with E-state index < -0.39 is 0 Å². The number of benzene rings is 1. The molecule has 0 saturated heterocycles. The van der Waals surface area contributed by atoms with Gasteiger partial charge in [-0.25, -0.2) is 0 Å². The van der Waals surface area contributed by atoms with Crippen LogP contribution in [0.15, 0.2) is 22.7 Å². The van der Waals surface area contributed by atoms with Gasteiger partial charge in [0.2, 0.25) is 0 Å². The van der Waals surface area contributed by atoms with Crippen molar-refractivity contribution in [2.75, 3.05) is 19.7 Å². The van der Waals surface area contributed by atoms with Crippen LogP contribution in [0.3, 0.4) is 0 Å². The highest BCUT2D eigenvalue weighted by atomic mass is 79.9. The summed E-state index contributed by atoms with van der Waals surface area (Å²) in [5.41, 5.74) is 0.560. The Labute approximate surface area is 115 Å². The summed E-state index contributed by atoms with van der Waals surface area (Å²) < 4.78 is 6.09. The number of rotatable bonds is 6. The molecular weight excluding hydrogens is 298 g/mol. The fourth-order valence-electron chi connectivity index (χ4n) is 1.51. The highest BCUT2D eigenvalue weighted by Gasteiger charge is 2.11. The number of ether oxygens (including phenoxy) is 1. The number of amides is 1. The highest BCUT2D eigenvalue weighted by Crippen LogP contribution is 2.25. The number of hydrogen-bond donors (Lipinski definition) is 0. The van der Waals surface area contributed by atoms with E-state index in [4.69, 9.17) is 4.74 Å². The van der Waals surface area contributed by atoms with E-state index in [9.17, 15) is 9.59 Å². The third kappa shape index (κ3) is 3.84. The molecule has 0 aliphatic carbocycles. The summed E-state index contributed by atoms with van der Waals surface area (Å²) in [7, 11) is 0. The first-order chi connectivity index (χ1) is 8.62. The molecule has 0 heterocycles. The lowest BCUT2D eigenvalue weighted by atomic mass is 10.2. The lowest BCUT2D eigenvalue weighted by molar-refractivity contribution is -0.132. The fraction of sp³-hybridized carbons (Fsp3) is 0.385. The number of likely N-dealkylation sites (N-methyl/N-ethyl adjacent to an activating group) is 1. The van der Waals surface area contributed by atoms with E-state index in [1.54, 1.807) is 23.1 Å². The number of aldehydes is 1. The van der Waals surface area contributed by atoms with Gasteiger partial charge in [-0.2, -0.15) is 0 Å². The van der Waals surface area contributed by atoms with E-state index in [2.05, 4.69) is 15.9 Å². The van der Waals surface area contributed by atoms with Gasteiger partial charge in [0.05, 0.1) is 4.47 Å². The summed E-state index contributed by atoms with van der Waals surface area (Å²) in [6.45, 7) is 5.20. The maximum absolute atomic E-state index is 11.7. The highest BCUT2D eigenvalue weighted by molar-refractivity contribution is 9.10. The van der Waals surface area contributed by atoms with E-state index in [-0.39, 0.29) is 12.5 Å². The van der Waals surface area contributed by atoms with Gasteiger partial charge in [-0.15, -0.1) is 0 Å². The number of carbonyl (C=O) groups excluding carboxylic acids is 2. The van der Waals surface area contributed by atoms with Crippen LogP contribution in [0.5, 0.6) is 5.75 Å². The van der Waals surface area contributed by atoms with Crippen molar-refractivity contribution in [3.8, 4) is 5.75 Å². The first kappa shape index (κ1) is 14.7. The molecule has 18 heavy (non-hydrogen) atoms. The Morgan fingerprint density at radius 3 is 2.56 bits per heavy atom. The van der Waals surface area contributed by atoms with Crippen LogP contribution >= 0.6 is 15.9 Å². The Morgan fingerprint density at radius 2 is 2.06 bits per heavy atom. The van der Waals surface area contributed by atoms with Crippen molar-refractivity contribution in [3.63, 3.8) is 0 Å². The monoisotopic (exact) mass is 313 g/mol. The van der Waals surface area contributed by atoms with Gasteiger partial charge in [0.15, 0.2) is 6.61 Å². The quantitative estimate of drug-likeness (QED) is 0.758. The normalized spacial score (nSPS) is 9.94. The minimum absolute atomic E-state index is 0.000710. The number of carbonyl (C=O) groups is 2. The molecule has 0 unspecified atom stereocenters. The van der Waals surface area contributed by atoms with Gasteiger partial charge >= 0.3 is 0 Å². The Hall–Kier alpha value is -1.36. The molecule has 1 aromatic rings. The summed E-state index contributed by atoms with van der Waals surface area (Å²) in [6.07, 6.45) is 0.760. The molecule has 5 heteroatoms. The zero-order valence-corrected chi connectivity index (χ0v) is 12.1. The second-order valence-electron chi connectivity index (χ2n) is 3.66. The molecule has 0 atom stereocenters. The Bertz CT molecular complexity index is 430. The molecule has 0 aliphatic heterocycles. The summed E-state index contributed by atoms with van der Waals surface area (Å²) in [5.74, 6) is 0.507. The molecule has 0 N–H and O–H groups in total. The molecule has 1 amide bonds. The van der Waals surface area contributed by atoms with Gasteiger partial charge < -0.3 is 9.64 Å². The molecule has 0 bridgehead atoms. The van der Waals surface area contributed by atoms with Crippen LogP contribution in [0.4, 0.5) is 0 Å². The topological polar surface area (TPSA) is 46.6 Å². The van der Waals surface area contributed by atoms with Crippen molar-refractivity contribution in [1.29, 1.82) is 0 Å². The average Bonchev–Trinajstić information content (AvgIpc) is 2.38. The fourth-order valence-corrected chi connectivity index (χ4v) is 2.03. The third-order valence-corrected chi connectivity index (χ3v) is 3.18. The van der Waals surface area contributed by atoms with Gasteiger partial charge in [0.1, 0.15) is 12.0 Å². The first-order valence-electron chi connectivity index (χ1n) is 5.77. The van der Waals surface area contributed by atoms with Crippen LogP contribution in [-0.4, -0.2) is 36.8 Å². The van der Waals surface area contributed by atoms with Gasteiger partial charge in [0.25, 0.3) is 5.91 Å². The average molecular weight is 314 g/mol. The van der Waals surface area contributed by atoms with Gasteiger partial charge in [-0.1, -0.05) is 0 Å². The van der Waals surface area contributed by atoms with Crippen molar-refractivity contribution in [2.24, 2.45) is 0 Å². The van der Waals surface area contributed by atoms with Crippen LogP contribution < -0.4 is 4.74 Å². The maximum Gasteiger partial charge on any atom is 0.260 e. The molecule has 0 fully saturated rings. The van der Waals surface area contributed by atoms with Crippen molar-refractivity contribution in [3.05, 3.63) is 28.2 Å². The molecule has 0 saturated carbocycles. The second-order valence-corrected chi connectivity index (χ2v) is 4.52. The maximum atomic E-state index is 11.7. The zero-order valence-electron chi connectivity index (χ0n) is 10.5. The van der Waals surface area contributed by atoms with Crippen LogP contribution in [0.25, 0.3) is 0 Å². The molecule has 4 nitrogen and oxygen atoms in total. The smallest absolute Gasteiger partial charge is 0.260 e. The van der Waals surface area contributed by atoms with Crippen molar-refractivity contribution >= 4 is 28.1 Å². The number of hydrogen-bond acceptors (Lipinski definition) is 3. The van der Waals surface area contributed by atoms with Crippen LogP contribution in [0.2, 0.25) is 0 Å². The van der Waals surface area contributed by atoms with Crippen molar-refractivity contribution in [1.82, 2.24) is 4.90 Å². The van der Waals surface area contributed by atoms with Gasteiger partial charge in [-0.05, 0) is 48.0 Å². The lowest BCUT2D eigenvalue weighted by Crippen LogP contribution is -2.34. The minimum Gasteiger partial charge on any atom is -0.483 e. The van der Waals surface area contributed by atoms with E-state index in [1.807, 2.05) is 13.8 Å². The third-order valence-electron chi connectivity index (χ3n) is 2.56. The second kappa shape index (κ2) is 7.16. The predicted molar refractivity (Wildman–Crippen MR) is 73.0 cm³/mol. The molecule has 1 aromatic carbocycles. The van der Waals surface area contributed by atoms with Crippen molar-refractivity contribution < 1.29 is 14.3 Å². The SMILES string of the molecule is CCN(CC)C(=O)COc1ccc(C=O)cc1Br.